The first-order chi connectivity index (χ1) is 7.61. The summed E-state index contributed by atoms with van der Waals surface area (Å²) >= 11 is 1.24. The van der Waals surface area contributed by atoms with Gasteiger partial charge in [-0.1, -0.05) is 0 Å². The van der Waals surface area contributed by atoms with Crippen LogP contribution in [0.3, 0.4) is 0 Å². The first kappa shape index (κ1) is 11.4. The van der Waals surface area contributed by atoms with E-state index in [0.717, 1.165) is 10.8 Å². The zero-order chi connectivity index (χ0) is 11.7. The lowest BCUT2D eigenvalue weighted by atomic mass is 10.5. The number of halogens is 1. The minimum absolute atomic E-state index is 0.152. The van der Waals surface area contributed by atoms with E-state index in [4.69, 9.17) is 15.6 Å². The van der Waals surface area contributed by atoms with Gasteiger partial charge in [0, 0.05) is 6.20 Å². The molecule has 0 radical (unpaired) electrons. The van der Waals surface area contributed by atoms with Crippen molar-refractivity contribution in [3.8, 4) is 0 Å². The van der Waals surface area contributed by atoms with Gasteiger partial charge in [0.15, 0.2) is 11.6 Å². The second-order valence-corrected chi connectivity index (χ2v) is 4.54. The number of aromatic nitrogens is 2. The highest BCUT2D eigenvalue weighted by atomic mass is 32.2. The van der Waals surface area contributed by atoms with Gasteiger partial charge in [-0.3, -0.25) is 4.57 Å². The molecule has 1 fully saturated rings. The molecule has 1 saturated heterocycles. The van der Waals surface area contributed by atoms with Crippen molar-refractivity contribution in [3.05, 3.63) is 22.5 Å². The van der Waals surface area contributed by atoms with Crippen LogP contribution in [0.5, 0.6) is 0 Å². The van der Waals surface area contributed by atoms with Gasteiger partial charge in [-0.2, -0.15) is 4.98 Å². The number of anilines is 1. The maximum Gasteiger partial charge on any atom is 0.350 e. The maximum atomic E-state index is 13.1. The van der Waals surface area contributed by atoms with E-state index in [2.05, 4.69) is 4.98 Å². The number of nitrogen functional groups attached to an aromatic ring is 1. The van der Waals surface area contributed by atoms with Crippen LogP contribution in [0.1, 0.15) is 5.37 Å². The molecule has 0 aromatic carbocycles. The molecule has 16 heavy (non-hydrogen) atoms. The summed E-state index contributed by atoms with van der Waals surface area (Å²) in [5.74, 6) is -1.16. The van der Waals surface area contributed by atoms with Crippen molar-refractivity contribution < 1.29 is 14.2 Å². The topological polar surface area (TPSA) is 90.4 Å². The number of nitrogens with two attached hydrogens (primary N) is 1. The summed E-state index contributed by atoms with van der Waals surface area (Å²) in [5, 5.41) is 8.47. The second-order valence-electron chi connectivity index (χ2n) is 3.20. The average Bonchev–Trinajstić information content (AvgIpc) is 2.71. The molecule has 2 rings (SSSR count). The number of aliphatic hydroxyl groups excluding tert-OH is 1. The largest absolute Gasteiger partial charge is 0.393 e. The van der Waals surface area contributed by atoms with E-state index >= 15 is 0 Å². The minimum Gasteiger partial charge on any atom is -0.393 e. The first-order valence-corrected chi connectivity index (χ1v) is 5.48. The molecular formula is C8H10FN3O3S. The molecule has 0 amide bonds. The molecular weight excluding hydrogens is 237 g/mol. The molecule has 0 saturated carbocycles. The molecule has 2 atom stereocenters. The molecule has 1 aliphatic rings. The first-order valence-electron chi connectivity index (χ1n) is 4.54. The van der Waals surface area contributed by atoms with Crippen molar-refractivity contribution in [1.29, 1.82) is 0 Å². The van der Waals surface area contributed by atoms with Crippen LogP contribution in [0.4, 0.5) is 10.2 Å². The third-order valence-electron chi connectivity index (χ3n) is 2.13. The summed E-state index contributed by atoms with van der Waals surface area (Å²) in [5.41, 5.74) is 4.15. The Kier molecular flexibility index (Phi) is 3.13. The van der Waals surface area contributed by atoms with Gasteiger partial charge in [-0.15, -0.1) is 11.8 Å². The Hall–Kier alpha value is -1.12. The SMILES string of the molecule is Nc1nc(=O)n([C@H]2CO[C@H](CO)S2)cc1F. The van der Waals surface area contributed by atoms with Gasteiger partial charge in [-0.25, -0.2) is 9.18 Å². The Morgan fingerprint density at radius 3 is 3.19 bits per heavy atom. The van der Waals surface area contributed by atoms with Gasteiger partial charge >= 0.3 is 5.69 Å². The molecule has 3 N–H and O–H groups in total. The zero-order valence-corrected chi connectivity index (χ0v) is 8.98. The fourth-order valence-electron chi connectivity index (χ4n) is 1.35. The normalized spacial score (nSPS) is 24.9. The summed E-state index contributed by atoms with van der Waals surface area (Å²) < 4.78 is 19.4. The number of aliphatic hydroxyl groups is 1. The van der Waals surface area contributed by atoms with Gasteiger partial charge in [0.1, 0.15) is 10.8 Å². The Balaban J connectivity index is 2.28. The van der Waals surface area contributed by atoms with Crippen molar-refractivity contribution in [1.82, 2.24) is 9.55 Å². The highest BCUT2D eigenvalue weighted by molar-refractivity contribution is 8.00. The van der Waals surface area contributed by atoms with Gasteiger partial charge in [0.2, 0.25) is 0 Å². The van der Waals surface area contributed by atoms with Crippen molar-refractivity contribution in [3.63, 3.8) is 0 Å². The van der Waals surface area contributed by atoms with Gasteiger partial charge in [0.25, 0.3) is 0 Å². The minimum atomic E-state index is -0.743. The van der Waals surface area contributed by atoms with Crippen molar-refractivity contribution in [2.45, 2.75) is 10.8 Å². The lowest BCUT2D eigenvalue weighted by Crippen LogP contribution is -2.27. The fourth-order valence-corrected chi connectivity index (χ4v) is 2.38. The summed E-state index contributed by atoms with van der Waals surface area (Å²) in [7, 11) is 0. The molecule has 1 aromatic rings. The van der Waals surface area contributed by atoms with Gasteiger partial charge in [-0.05, 0) is 0 Å². The predicted octanol–water partition coefficient (Wildman–Crippen LogP) is -0.455. The maximum absolute atomic E-state index is 13.1. The molecule has 2 heterocycles. The number of hydrogen-bond acceptors (Lipinski definition) is 6. The van der Waals surface area contributed by atoms with E-state index in [1.807, 2.05) is 0 Å². The molecule has 0 bridgehead atoms. The van der Waals surface area contributed by atoms with Gasteiger partial charge < -0.3 is 15.6 Å². The van der Waals surface area contributed by atoms with Crippen LogP contribution in [-0.2, 0) is 4.74 Å². The van der Waals surface area contributed by atoms with Crippen LogP contribution in [-0.4, -0.2) is 33.3 Å². The zero-order valence-electron chi connectivity index (χ0n) is 8.17. The summed E-state index contributed by atoms with van der Waals surface area (Å²) in [4.78, 5) is 14.8. The summed E-state index contributed by atoms with van der Waals surface area (Å²) in [6.07, 6.45) is 1.01. The average molecular weight is 247 g/mol. The van der Waals surface area contributed by atoms with Gasteiger partial charge in [0.05, 0.1) is 13.2 Å². The van der Waals surface area contributed by atoms with Crippen molar-refractivity contribution in [2.75, 3.05) is 18.9 Å². The van der Waals surface area contributed by atoms with E-state index in [9.17, 15) is 9.18 Å². The molecule has 0 unspecified atom stereocenters. The number of ether oxygens (including phenoxy) is 1. The highest BCUT2D eigenvalue weighted by Crippen LogP contribution is 2.34. The van der Waals surface area contributed by atoms with E-state index < -0.39 is 22.8 Å². The van der Waals surface area contributed by atoms with Crippen molar-refractivity contribution in [2.24, 2.45) is 0 Å². The molecule has 0 spiro atoms. The lowest BCUT2D eigenvalue weighted by Gasteiger charge is -2.11. The van der Waals surface area contributed by atoms with Crippen LogP contribution in [0.15, 0.2) is 11.0 Å². The highest BCUT2D eigenvalue weighted by Gasteiger charge is 2.28. The molecule has 88 valence electrons. The van der Waals surface area contributed by atoms with Crippen molar-refractivity contribution >= 4 is 17.6 Å². The molecule has 8 heteroatoms. The standard InChI is InChI=1S/C8H10FN3O3S/c9-4-1-12(8(14)11-7(4)10)5-3-15-6(2-13)16-5/h1,5-6,13H,2-3H2,(H2,10,11,14)/t5-,6+/m1/s1. The molecule has 1 aliphatic heterocycles. The Labute approximate surface area is 94.2 Å². The molecule has 6 nitrogen and oxygen atoms in total. The molecule has 0 aliphatic carbocycles. The number of nitrogens with zero attached hydrogens (tertiary/aromatic N) is 2. The summed E-state index contributed by atoms with van der Waals surface area (Å²) in [6, 6.07) is 0. The molecule has 1 aromatic heterocycles. The third kappa shape index (κ3) is 2.04. The predicted molar refractivity (Wildman–Crippen MR) is 56.3 cm³/mol. The van der Waals surface area contributed by atoms with E-state index in [1.165, 1.54) is 11.8 Å². The number of rotatable bonds is 2. The Morgan fingerprint density at radius 2 is 2.56 bits per heavy atom. The third-order valence-corrected chi connectivity index (χ3v) is 3.39. The Bertz CT molecular complexity index is 453. The monoisotopic (exact) mass is 247 g/mol. The van der Waals surface area contributed by atoms with E-state index in [1.54, 1.807) is 0 Å². The lowest BCUT2D eigenvalue weighted by molar-refractivity contribution is 0.0802. The van der Waals surface area contributed by atoms with E-state index in [0.29, 0.717) is 0 Å². The number of hydrogen-bond donors (Lipinski definition) is 2. The van der Waals surface area contributed by atoms with E-state index in [-0.39, 0.29) is 18.6 Å². The number of thioether (sulfide) groups is 1. The summed E-state index contributed by atoms with van der Waals surface area (Å²) in [6.45, 7) is 0.0711. The van der Waals surface area contributed by atoms with Crippen LogP contribution in [0.25, 0.3) is 0 Å². The fraction of sp³-hybridized carbons (Fsp3) is 0.500. The van der Waals surface area contributed by atoms with Crippen LogP contribution in [0, 0.1) is 5.82 Å². The van der Waals surface area contributed by atoms with Crippen LogP contribution < -0.4 is 11.4 Å². The Morgan fingerprint density at radius 1 is 1.81 bits per heavy atom. The van der Waals surface area contributed by atoms with Crippen LogP contribution >= 0.6 is 11.8 Å². The second kappa shape index (κ2) is 4.40. The smallest absolute Gasteiger partial charge is 0.350 e. The quantitative estimate of drug-likeness (QED) is 0.735. The van der Waals surface area contributed by atoms with Crippen LogP contribution in [0.2, 0.25) is 0 Å².